The van der Waals surface area contributed by atoms with E-state index in [1.54, 1.807) is 20.3 Å². The van der Waals surface area contributed by atoms with E-state index < -0.39 is 0 Å². The summed E-state index contributed by atoms with van der Waals surface area (Å²) in [5.41, 5.74) is 1.32. The van der Waals surface area contributed by atoms with Crippen LogP contribution in [-0.2, 0) is 4.74 Å². The first kappa shape index (κ1) is 12.2. The van der Waals surface area contributed by atoms with Crippen molar-refractivity contribution < 1.29 is 14.6 Å². The SMILES string of the molecule is C=C(O)c1c(OC)cccc1/C(=C\C)OC. The molecule has 0 aliphatic heterocycles. The van der Waals surface area contributed by atoms with Gasteiger partial charge in [0.2, 0.25) is 0 Å². The standard InChI is InChI=1S/C13H16O3/c1-5-11(15-3)10-7-6-8-12(16-4)13(10)9(2)14/h5-8,14H,2H2,1,3-4H3/b11-5+. The fourth-order valence-corrected chi connectivity index (χ4v) is 1.59. The van der Waals surface area contributed by atoms with Crippen LogP contribution in [0, 0.1) is 0 Å². The van der Waals surface area contributed by atoms with Crippen molar-refractivity contribution in [2.45, 2.75) is 6.92 Å². The second-order valence-corrected chi connectivity index (χ2v) is 3.19. The molecule has 1 rings (SSSR count). The van der Waals surface area contributed by atoms with E-state index in [0.717, 1.165) is 5.56 Å². The van der Waals surface area contributed by atoms with Gasteiger partial charge in [0, 0.05) is 5.56 Å². The fraction of sp³-hybridized carbons (Fsp3) is 0.231. The minimum Gasteiger partial charge on any atom is -0.508 e. The predicted molar refractivity (Wildman–Crippen MR) is 65.3 cm³/mol. The van der Waals surface area contributed by atoms with Crippen LogP contribution in [0.3, 0.4) is 0 Å². The Hall–Kier alpha value is -1.90. The zero-order valence-electron chi connectivity index (χ0n) is 9.78. The lowest BCUT2D eigenvalue weighted by molar-refractivity contribution is 0.367. The molecule has 1 aromatic carbocycles. The van der Waals surface area contributed by atoms with Gasteiger partial charge in [0.05, 0.1) is 19.8 Å². The third-order valence-electron chi connectivity index (χ3n) is 2.28. The minimum absolute atomic E-state index is 0.0381. The molecule has 0 heterocycles. The number of aliphatic hydroxyl groups is 1. The Labute approximate surface area is 95.6 Å². The molecule has 0 atom stereocenters. The second kappa shape index (κ2) is 5.26. The Balaban J connectivity index is 3.44. The molecular formula is C13H16O3. The Morgan fingerprint density at radius 3 is 2.50 bits per heavy atom. The monoisotopic (exact) mass is 220 g/mol. The Kier molecular flexibility index (Phi) is 4.00. The summed E-state index contributed by atoms with van der Waals surface area (Å²) < 4.78 is 10.4. The largest absolute Gasteiger partial charge is 0.508 e. The predicted octanol–water partition coefficient (Wildman–Crippen LogP) is 3.23. The van der Waals surface area contributed by atoms with Gasteiger partial charge in [-0.15, -0.1) is 0 Å². The maximum Gasteiger partial charge on any atom is 0.130 e. The van der Waals surface area contributed by atoms with Crippen molar-refractivity contribution in [2.75, 3.05) is 14.2 Å². The highest BCUT2D eigenvalue weighted by Crippen LogP contribution is 2.31. The quantitative estimate of drug-likeness (QED) is 0.792. The smallest absolute Gasteiger partial charge is 0.130 e. The molecule has 0 amide bonds. The fourth-order valence-electron chi connectivity index (χ4n) is 1.59. The van der Waals surface area contributed by atoms with Gasteiger partial charge in [-0.3, -0.25) is 0 Å². The second-order valence-electron chi connectivity index (χ2n) is 3.19. The van der Waals surface area contributed by atoms with E-state index >= 15 is 0 Å². The molecule has 16 heavy (non-hydrogen) atoms. The highest BCUT2D eigenvalue weighted by atomic mass is 16.5. The van der Waals surface area contributed by atoms with Gasteiger partial charge in [-0.25, -0.2) is 0 Å². The third kappa shape index (κ3) is 2.19. The molecule has 0 radical (unpaired) electrons. The van der Waals surface area contributed by atoms with E-state index in [4.69, 9.17) is 9.47 Å². The first-order chi connectivity index (χ1) is 7.65. The first-order valence-corrected chi connectivity index (χ1v) is 4.91. The zero-order chi connectivity index (χ0) is 12.1. The van der Waals surface area contributed by atoms with Gasteiger partial charge in [0.1, 0.15) is 17.3 Å². The van der Waals surface area contributed by atoms with Crippen LogP contribution in [-0.4, -0.2) is 19.3 Å². The lowest BCUT2D eigenvalue weighted by atomic mass is 10.0. The first-order valence-electron chi connectivity index (χ1n) is 4.91. The van der Waals surface area contributed by atoms with E-state index in [0.29, 0.717) is 17.1 Å². The zero-order valence-corrected chi connectivity index (χ0v) is 9.78. The number of methoxy groups -OCH3 is 2. The lowest BCUT2D eigenvalue weighted by Crippen LogP contribution is -1.98. The van der Waals surface area contributed by atoms with E-state index in [1.165, 1.54) is 0 Å². The van der Waals surface area contributed by atoms with Crippen molar-refractivity contribution in [2.24, 2.45) is 0 Å². The average molecular weight is 220 g/mol. The van der Waals surface area contributed by atoms with Gasteiger partial charge < -0.3 is 14.6 Å². The van der Waals surface area contributed by atoms with Crippen molar-refractivity contribution >= 4 is 11.5 Å². The number of hydrogen-bond donors (Lipinski definition) is 1. The van der Waals surface area contributed by atoms with Gasteiger partial charge in [-0.05, 0) is 19.1 Å². The maximum absolute atomic E-state index is 9.60. The van der Waals surface area contributed by atoms with Crippen molar-refractivity contribution in [3.63, 3.8) is 0 Å². The molecule has 3 heteroatoms. The molecule has 0 unspecified atom stereocenters. The van der Waals surface area contributed by atoms with Gasteiger partial charge in [0.15, 0.2) is 0 Å². The van der Waals surface area contributed by atoms with E-state index in [1.807, 2.05) is 25.1 Å². The maximum atomic E-state index is 9.60. The van der Waals surface area contributed by atoms with E-state index in [9.17, 15) is 5.11 Å². The van der Waals surface area contributed by atoms with Gasteiger partial charge >= 0.3 is 0 Å². The third-order valence-corrected chi connectivity index (χ3v) is 2.28. The summed E-state index contributed by atoms with van der Waals surface area (Å²) in [5, 5.41) is 9.60. The molecule has 1 aromatic rings. The van der Waals surface area contributed by atoms with Crippen LogP contribution in [0.15, 0.2) is 30.9 Å². The summed E-state index contributed by atoms with van der Waals surface area (Å²) in [5.74, 6) is 1.20. The summed E-state index contributed by atoms with van der Waals surface area (Å²) >= 11 is 0. The summed E-state index contributed by atoms with van der Waals surface area (Å²) in [4.78, 5) is 0. The minimum atomic E-state index is -0.0381. The van der Waals surface area contributed by atoms with Crippen molar-refractivity contribution in [3.8, 4) is 5.75 Å². The number of benzene rings is 1. The number of rotatable bonds is 4. The summed E-state index contributed by atoms with van der Waals surface area (Å²) in [6, 6.07) is 5.45. The molecule has 0 saturated carbocycles. The van der Waals surface area contributed by atoms with Crippen LogP contribution in [0.5, 0.6) is 5.75 Å². The van der Waals surface area contributed by atoms with Crippen LogP contribution < -0.4 is 4.74 Å². The average Bonchev–Trinajstić information content (AvgIpc) is 2.30. The Bertz CT molecular complexity index is 419. The molecule has 3 nitrogen and oxygen atoms in total. The van der Waals surface area contributed by atoms with Gasteiger partial charge in [-0.1, -0.05) is 18.7 Å². The highest BCUT2D eigenvalue weighted by Gasteiger charge is 2.14. The number of ether oxygens (including phenoxy) is 2. The van der Waals surface area contributed by atoms with Crippen molar-refractivity contribution in [3.05, 3.63) is 42.0 Å². The number of allylic oxidation sites excluding steroid dienone is 1. The topological polar surface area (TPSA) is 38.7 Å². The molecule has 86 valence electrons. The molecule has 0 saturated heterocycles. The van der Waals surface area contributed by atoms with Crippen LogP contribution in [0.1, 0.15) is 18.1 Å². The lowest BCUT2D eigenvalue weighted by Gasteiger charge is -2.14. The normalized spacial score (nSPS) is 11.1. The molecule has 0 aromatic heterocycles. The van der Waals surface area contributed by atoms with Gasteiger partial charge in [0.25, 0.3) is 0 Å². The number of hydrogen-bond acceptors (Lipinski definition) is 3. The summed E-state index contributed by atoms with van der Waals surface area (Å²) in [6.45, 7) is 5.40. The van der Waals surface area contributed by atoms with Crippen LogP contribution in [0.4, 0.5) is 0 Å². The van der Waals surface area contributed by atoms with Crippen molar-refractivity contribution in [1.82, 2.24) is 0 Å². The van der Waals surface area contributed by atoms with E-state index in [-0.39, 0.29) is 5.76 Å². The van der Waals surface area contributed by atoms with Crippen LogP contribution >= 0.6 is 0 Å². The van der Waals surface area contributed by atoms with E-state index in [2.05, 4.69) is 6.58 Å². The summed E-state index contributed by atoms with van der Waals surface area (Å²) in [6.07, 6.45) is 1.82. The summed E-state index contributed by atoms with van der Waals surface area (Å²) in [7, 11) is 3.13. The molecule has 1 N–H and O–H groups in total. The van der Waals surface area contributed by atoms with Crippen molar-refractivity contribution in [1.29, 1.82) is 0 Å². The molecule has 0 fully saturated rings. The molecule has 0 spiro atoms. The van der Waals surface area contributed by atoms with Crippen LogP contribution in [0.2, 0.25) is 0 Å². The van der Waals surface area contributed by atoms with Crippen LogP contribution in [0.25, 0.3) is 11.5 Å². The molecule has 0 aliphatic carbocycles. The molecule has 0 aliphatic rings. The molecule has 0 bridgehead atoms. The highest BCUT2D eigenvalue weighted by molar-refractivity contribution is 5.77. The Morgan fingerprint density at radius 2 is 2.06 bits per heavy atom. The van der Waals surface area contributed by atoms with Gasteiger partial charge in [-0.2, -0.15) is 0 Å². The molecular weight excluding hydrogens is 204 g/mol. The Morgan fingerprint density at radius 1 is 1.38 bits per heavy atom. The number of aliphatic hydroxyl groups excluding tert-OH is 1.